The van der Waals surface area contributed by atoms with E-state index in [0.29, 0.717) is 6.42 Å². The highest BCUT2D eigenvalue weighted by molar-refractivity contribution is 5.84. The molecule has 10 N–H and O–H groups in total. The average molecular weight is 407 g/mol. The van der Waals surface area contributed by atoms with E-state index in [0.717, 1.165) is 68.6 Å². The number of carboxylic acid groups (broad SMARTS) is 1. The van der Waals surface area contributed by atoms with Crippen molar-refractivity contribution in [3.63, 3.8) is 0 Å². The van der Waals surface area contributed by atoms with Gasteiger partial charge in [-0.25, -0.2) is 0 Å². The number of H-pyrrole nitrogens is 1. The minimum Gasteiger partial charge on any atom is -0.480 e. The van der Waals surface area contributed by atoms with E-state index in [9.17, 15) is 4.79 Å². The van der Waals surface area contributed by atoms with Crippen molar-refractivity contribution < 1.29 is 9.90 Å². The number of hydrogen-bond donors (Lipinski definition) is 7. The lowest BCUT2D eigenvalue weighted by Gasteiger charge is -2.04. The van der Waals surface area contributed by atoms with Crippen LogP contribution in [-0.2, 0) is 11.2 Å². The van der Waals surface area contributed by atoms with Gasteiger partial charge in [-0.1, -0.05) is 18.2 Å². The van der Waals surface area contributed by atoms with Crippen LogP contribution < -0.4 is 27.8 Å². The van der Waals surface area contributed by atoms with Gasteiger partial charge in [-0.05, 0) is 76.6 Å². The van der Waals surface area contributed by atoms with Crippen molar-refractivity contribution >= 4 is 16.9 Å². The van der Waals surface area contributed by atoms with Gasteiger partial charge in [0, 0.05) is 23.5 Å². The third-order valence-electron chi connectivity index (χ3n) is 4.50. The molecule has 8 nitrogen and oxygen atoms in total. The number of nitrogens with one attached hydrogen (secondary N) is 3. The lowest BCUT2D eigenvalue weighted by molar-refractivity contribution is -0.138. The lowest BCUT2D eigenvalue weighted by atomic mass is 10.1. The summed E-state index contributed by atoms with van der Waals surface area (Å²) < 4.78 is 0. The number of unbranched alkanes of at least 4 members (excludes halogenated alkanes) is 1. The summed E-state index contributed by atoms with van der Waals surface area (Å²) in [7, 11) is 0. The number of aromatic amines is 1. The van der Waals surface area contributed by atoms with Gasteiger partial charge < -0.3 is 37.9 Å². The van der Waals surface area contributed by atoms with Crippen LogP contribution in [-0.4, -0.2) is 61.4 Å². The first-order chi connectivity index (χ1) is 14.1. The van der Waals surface area contributed by atoms with Crippen LogP contribution >= 0.6 is 0 Å². The molecule has 0 fully saturated rings. The Balaban J connectivity index is 0.000000291. The Kier molecular flexibility index (Phi) is 13.7. The molecule has 2 rings (SSSR count). The molecule has 8 heteroatoms. The highest BCUT2D eigenvalue weighted by atomic mass is 16.4. The molecule has 0 bridgehead atoms. The zero-order chi connectivity index (χ0) is 21.3. The van der Waals surface area contributed by atoms with Crippen LogP contribution in [0.3, 0.4) is 0 Å². The molecule has 0 radical (unpaired) electrons. The van der Waals surface area contributed by atoms with E-state index in [2.05, 4.69) is 15.6 Å². The van der Waals surface area contributed by atoms with Crippen LogP contribution in [0.15, 0.2) is 30.5 Å². The summed E-state index contributed by atoms with van der Waals surface area (Å²) in [6, 6.07) is 6.91. The third-order valence-corrected chi connectivity index (χ3v) is 4.50. The molecule has 0 saturated heterocycles. The van der Waals surface area contributed by atoms with Crippen molar-refractivity contribution in [3.05, 3.63) is 36.0 Å². The quantitative estimate of drug-likeness (QED) is 0.228. The molecule has 0 amide bonds. The van der Waals surface area contributed by atoms with Gasteiger partial charge in [0.25, 0.3) is 0 Å². The molecule has 164 valence electrons. The average Bonchev–Trinajstić information content (AvgIpc) is 3.13. The number of rotatable bonds is 14. The first kappa shape index (κ1) is 25.1. The first-order valence-electron chi connectivity index (χ1n) is 10.4. The molecule has 2 aromatic rings. The molecular weight excluding hydrogens is 368 g/mol. The van der Waals surface area contributed by atoms with Crippen LogP contribution in [0.5, 0.6) is 0 Å². The van der Waals surface area contributed by atoms with Crippen LogP contribution in [0.2, 0.25) is 0 Å². The Labute approximate surface area is 173 Å². The first-order valence-corrected chi connectivity index (χ1v) is 10.4. The van der Waals surface area contributed by atoms with E-state index in [1.807, 2.05) is 30.5 Å². The van der Waals surface area contributed by atoms with Gasteiger partial charge in [0.1, 0.15) is 6.04 Å². The molecule has 0 aliphatic heterocycles. The number of carbonyl (C=O) groups is 1. The summed E-state index contributed by atoms with van der Waals surface area (Å²) in [5.74, 6) is -0.972. The second-order valence-electron chi connectivity index (χ2n) is 7.00. The summed E-state index contributed by atoms with van der Waals surface area (Å²) >= 11 is 0. The second kappa shape index (κ2) is 15.9. The van der Waals surface area contributed by atoms with Crippen molar-refractivity contribution in [3.8, 4) is 0 Å². The summed E-state index contributed by atoms with van der Waals surface area (Å²) in [6.07, 6.45) is 6.79. The van der Waals surface area contributed by atoms with Crippen molar-refractivity contribution in [1.82, 2.24) is 15.6 Å². The fourth-order valence-electron chi connectivity index (χ4n) is 2.83. The van der Waals surface area contributed by atoms with Crippen molar-refractivity contribution in [2.75, 3.05) is 39.3 Å². The van der Waals surface area contributed by atoms with Gasteiger partial charge in [0.05, 0.1) is 0 Å². The van der Waals surface area contributed by atoms with Crippen LogP contribution in [0.1, 0.15) is 31.2 Å². The van der Waals surface area contributed by atoms with Gasteiger partial charge in [0.2, 0.25) is 0 Å². The number of benzene rings is 1. The second-order valence-corrected chi connectivity index (χ2v) is 7.00. The van der Waals surface area contributed by atoms with E-state index >= 15 is 0 Å². The number of hydrogen-bond acceptors (Lipinski definition) is 6. The molecule has 1 atom stereocenters. The summed E-state index contributed by atoms with van der Waals surface area (Å²) in [4.78, 5) is 13.7. The fourth-order valence-corrected chi connectivity index (χ4v) is 2.83. The van der Waals surface area contributed by atoms with Gasteiger partial charge in [-0.3, -0.25) is 4.79 Å². The molecule has 29 heavy (non-hydrogen) atoms. The molecule has 1 heterocycles. The Hall–Kier alpha value is -1.97. The van der Waals surface area contributed by atoms with Gasteiger partial charge in [-0.2, -0.15) is 0 Å². The number of para-hydroxylation sites is 1. The Morgan fingerprint density at radius 2 is 1.52 bits per heavy atom. The molecule has 1 aromatic heterocycles. The highest BCUT2D eigenvalue weighted by Gasteiger charge is 2.14. The summed E-state index contributed by atoms with van der Waals surface area (Å²) in [5.41, 5.74) is 18.2. The van der Waals surface area contributed by atoms with E-state index in [-0.39, 0.29) is 0 Å². The minimum atomic E-state index is -0.972. The lowest BCUT2D eigenvalue weighted by Crippen LogP contribution is -2.32. The van der Waals surface area contributed by atoms with Crippen molar-refractivity contribution in [1.29, 1.82) is 0 Å². The Morgan fingerprint density at radius 1 is 0.966 bits per heavy atom. The zero-order valence-electron chi connectivity index (χ0n) is 17.3. The smallest absolute Gasteiger partial charge is 0.320 e. The predicted molar refractivity (Wildman–Crippen MR) is 120 cm³/mol. The highest BCUT2D eigenvalue weighted by Crippen LogP contribution is 2.18. The maximum atomic E-state index is 10.6. The third kappa shape index (κ3) is 11.0. The number of carboxylic acids is 1. The maximum Gasteiger partial charge on any atom is 0.320 e. The molecule has 0 spiro atoms. The minimum absolute atomic E-state index is 0.347. The Bertz CT molecular complexity index is 664. The normalized spacial score (nSPS) is 11.8. The van der Waals surface area contributed by atoms with E-state index in [4.69, 9.17) is 22.3 Å². The number of aromatic nitrogens is 1. The van der Waals surface area contributed by atoms with E-state index in [1.54, 1.807) is 0 Å². The molecule has 0 aliphatic rings. The van der Waals surface area contributed by atoms with E-state index in [1.165, 1.54) is 12.8 Å². The maximum absolute atomic E-state index is 10.6. The topological polar surface area (TPSA) is 155 Å². The van der Waals surface area contributed by atoms with Crippen molar-refractivity contribution in [2.24, 2.45) is 17.2 Å². The number of fused-ring (bicyclic) bond motifs is 1. The summed E-state index contributed by atoms with van der Waals surface area (Å²) in [5, 5.41) is 16.5. The predicted octanol–water partition coefficient (Wildman–Crippen LogP) is 0.766. The Morgan fingerprint density at radius 3 is 2.07 bits per heavy atom. The van der Waals surface area contributed by atoms with Crippen LogP contribution in [0.4, 0.5) is 0 Å². The monoisotopic (exact) mass is 406 g/mol. The van der Waals surface area contributed by atoms with Crippen molar-refractivity contribution in [2.45, 2.75) is 38.1 Å². The van der Waals surface area contributed by atoms with Gasteiger partial charge in [-0.15, -0.1) is 0 Å². The van der Waals surface area contributed by atoms with Crippen LogP contribution in [0, 0.1) is 0 Å². The fraction of sp³-hybridized carbons (Fsp3) is 0.571. The standard InChI is InChI=1S/C11H12N2O2.C10H26N4/c12-9(11(14)15)5-7-6-13-10-4-2-1-3-8(7)10;11-5-3-9-13-7-1-2-8-14-10-4-6-12/h1-4,6,9,13H,5,12H2,(H,14,15);13-14H,1-12H2. The molecule has 1 unspecified atom stereocenters. The van der Waals surface area contributed by atoms with E-state index < -0.39 is 12.0 Å². The van der Waals surface area contributed by atoms with Gasteiger partial charge >= 0.3 is 5.97 Å². The molecular formula is C21H38N6O2. The molecule has 1 aromatic carbocycles. The molecule has 0 saturated carbocycles. The SMILES string of the molecule is NC(Cc1c[nH]c2ccccc12)C(=O)O.NCCCNCCCCNCCCN. The number of nitrogens with two attached hydrogens (primary N) is 3. The van der Waals surface area contributed by atoms with Gasteiger partial charge in [0.15, 0.2) is 0 Å². The summed E-state index contributed by atoms with van der Waals surface area (Å²) in [6.45, 7) is 5.90. The molecule has 0 aliphatic carbocycles. The number of aliphatic carboxylic acids is 1. The zero-order valence-corrected chi connectivity index (χ0v) is 17.3. The van der Waals surface area contributed by atoms with Crippen LogP contribution in [0.25, 0.3) is 10.9 Å². The largest absolute Gasteiger partial charge is 0.480 e.